The van der Waals surface area contributed by atoms with Crippen molar-refractivity contribution in [3.63, 3.8) is 0 Å². The summed E-state index contributed by atoms with van der Waals surface area (Å²) in [5, 5.41) is 11.1. The molecule has 0 atom stereocenters. The van der Waals surface area contributed by atoms with Gasteiger partial charge in [-0.1, -0.05) is 0 Å². The third kappa shape index (κ3) is 4.14. The molecule has 1 aromatic heterocycles. The highest BCUT2D eigenvalue weighted by Gasteiger charge is 2.19. The van der Waals surface area contributed by atoms with Gasteiger partial charge in [-0.15, -0.1) is 10.2 Å². The highest BCUT2D eigenvalue weighted by atomic mass is 16.5. The van der Waals surface area contributed by atoms with Crippen LogP contribution in [0.2, 0.25) is 0 Å². The van der Waals surface area contributed by atoms with Gasteiger partial charge in [-0.3, -0.25) is 4.79 Å². The first-order valence-electron chi connectivity index (χ1n) is 6.75. The normalized spacial score (nSPS) is 15.2. The smallest absolute Gasteiger partial charge is 0.274 e. The molecule has 1 saturated heterocycles. The standard InChI is InChI=1S/C13H20N4O3/c1-19-8-2-5-14-12-4-3-11(15-16-12)13(18)17-6-9-20-10-7-17/h3-4H,2,5-10H2,1H3,(H,14,16). The molecule has 0 spiro atoms. The first-order valence-corrected chi connectivity index (χ1v) is 6.75. The van der Waals surface area contributed by atoms with Gasteiger partial charge in [-0.05, 0) is 18.6 Å². The molecule has 7 nitrogen and oxygen atoms in total. The Morgan fingerprint density at radius 2 is 2.20 bits per heavy atom. The topological polar surface area (TPSA) is 76.6 Å². The minimum Gasteiger partial charge on any atom is -0.385 e. The molecule has 0 aromatic carbocycles. The fourth-order valence-corrected chi connectivity index (χ4v) is 1.90. The summed E-state index contributed by atoms with van der Waals surface area (Å²) in [4.78, 5) is 13.9. The quantitative estimate of drug-likeness (QED) is 0.760. The van der Waals surface area contributed by atoms with E-state index in [4.69, 9.17) is 9.47 Å². The molecule has 0 aliphatic carbocycles. The van der Waals surface area contributed by atoms with Crippen LogP contribution in [0, 0.1) is 0 Å². The third-order valence-electron chi connectivity index (χ3n) is 3.01. The van der Waals surface area contributed by atoms with E-state index in [1.165, 1.54) is 0 Å². The minimum absolute atomic E-state index is 0.0910. The lowest BCUT2D eigenvalue weighted by Gasteiger charge is -2.26. The van der Waals surface area contributed by atoms with E-state index in [2.05, 4.69) is 15.5 Å². The van der Waals surface area contributed by atoms with Crippen LogP contribution in [0.1, 0.15) is 16.9 Å². The van der Waals surface area contributed by atoms with Crippen molar-refractivity contribution in [1.29, 1.82) is 0 Å². The van der Waals surface area contributed by atoms with E-state index in [9.17, 15) is 4.79 Å². The number of nitrogens with one attached hydrogen (secondary N) is 1. The Balaban J connectivity index is 1.85. The lowest BCUT2D eigenvalue weighted by Crippen LogP contribution is -2.41. The van der Waals surface area contributed by atoms with Gasteiger partial charge in [0.1, 0.15) is 5.82 Å². The molecule has 7 heteroatoms. The van der Waals surface area contributed by atoms with Crippen LogP contribution in [0.15, 0.2) is 12.1 Å². The van der Waals surface area contributed by atoms with Gasteiger partial charge in [0.15, 0.2) is 5.69 Å². The molecule has 1 aliphatic heterocycles. The van der Waals surface area contributed by atoms with Crippen LogP contribution in [0.4, 0.5) is 5.82 Å². The lowest BCUT2D eigenvalue weighted by atomic mass is 10.3. The van der Waals surface area contributed by atoms with E-state index >= 15 is 0 Å². The highest BCUT2D eigenvalue weighted by Crippen LogP contribution is 2.07. The van der Waals surface area contributed by atoms with Crippen LogP contribution in [0.25, 0.3) is 0 Å². The number of methoxy groups -OCH3 is 1. The molecular weight excluding hydrogens is 260 g/mol. The summed E-state index contributed by atoms with van der Waals surface area (Å²) in [7, 11) is 1.67. The Morgan fingerprint density at radius 3 is 2.85 bits per heavy atom. The van der Waals surface area contributed by atoms with Crippen molar-refractivity contribution in [3.05, 3.63) is 17.8 Å². The number of hydrogen-bond acceptors (Lipinski definition) is 6. The van der Waals surface area contributed by atoms with Gasteiger partial charge in [-0.2, -0.15) is 0 Å². The molecule has 0 radical (unpaired) electrons. The van der Waals surface area contributed by atoms with Gasteiger partial charge >= 0.3 is 0 Å². The zero-order valence-electron chi connectivity index (χ0n) is 11.7. The number of rotatable bonds is 6. The number of carbonyl (C=O) groups is 1. The maximum atomic E-state index is 12.1. The van der Waals surface area contributed by atoms with Gasteiger partial charge in [0.05, 0.1) is 13.2 Å². The Labute approximate surface area is 118 Å². The van der Waals surface area contributed by atoms with E-state index in [0.29, 0.717) is 44.4 Å². The monoisotopic (exact) mass is 280 g/mol. The number of ether oxygens (including phenoxy) is 2. The van der Waals surface area contributed by atoms with Crippen molar-refractivity contribution in [2.45, 2.75) is 6.42 Å². The van der Waals surface area contributed by atoms with E-state index in [1.54, 1.807) is 24.1 Å². The fourth-order valence-electron chi connectivity index (χ4n) is 1.90. The van der Waals surface area contributed by atoms with Crippen LogP contribution in [0.3, 0.4) is 0 Å². The van der Waals surface area contributed by atoms with Crippen molar-refractivity contribution in [2.75, 3.05) is 51.9 Å². The zero-order chi connectivity index (χ0) is 14.2. The van der Waals surface area contributed by atoms with Crippen molar-refractivity contribution < 1.29 is 14.3 Å². The molecule has 0 unspecified atom stereocenters. The van der Waals surface area contributed by atoms with E-state index in [1.807, 2.05) is 0 Å². The van der Waals surface area contributed by atoms with Crippen LogP contribution in [-0.4, -0.2) is 67.6 Å². The summed E-state index contributed by atoms with van der Waals surface area (Å²) >= 11 is 0. The van der Waals surface area contributed by atoms with Gasteiger partial charge in [0.2, 0.25) is 0 Å². The van der Waals surface area contributed by atoms with E-state index < -0.39 is 0 Å². The Morgan fingerprint density at radius 1 is 1.40 bits per heavy atom. The maximum Gasteiger partial charge on any atom is 0.274 e. The molecule has 0 saturated carbocycles. The molecule has 2 heterocycles. The summed E-state index contributed by atoms with van der Waals surface area (Å²) in [6.07, 6.45) is 0.895. The van der Waals surface area contributed by atoms with Crippen LogP contribution >= 0.6 is 0 Å². The van der Waals surface area contributed by atoms with Crippen LogP contribution in [-0.2, 0) is 9.47 Å². The summed E-state index contributed by atoms with van der Waals surface area (Å²) in [6.45, 7) is 3.85. The minimum atomic E-state index is -0.0910. The zero-order valence-corrected chi connectivity index (χ0v) is 11.7. The molecule has 2 rings (SSSR count). The molecule has 110 valence electrons. The number of anilines is 1. The van der Waals surface area contributed by atoms with Gasteiger partial charge < -0.3 is 19.7 Å². The molecule has 20 heavy (non-hydrogen) atoms. The first kappa shape index (κ1) is 14.7. The van der Waals surface area contributed by atoms with Crippen molar-refractivity contribution in [2.24, 2.45) is 0 Å². The number of amides is 1. The van der Waals surface area contributed by atoms with Crippen molar-refractivity contribution >= 4 is 11.7 Å². The number of hydrogen-bond donors (Lipinski definition) is 1. The molecule has 1 aromatic rings. The van der Waals surface area contributed by atoms with Crippen LogP contribution < -0.4 is 5.32 Å². The third-order valence-corrected chi connectivity index (χ3v) is 3.01. The first-order chi connectivity index (χ1) is 9.81. The molecule has 1 amide bonds. The predicted octanol–water partition coefficient (Wildman–Crippen LogP) is 0.397. The molecule has 1 N–H and O–H groups in total. The Hall–Kier alpha value is -1.73. The lowest BCUT2D eigenvalue weighted by molar-refractivity contribution is 0.0298. The second-order valence-electron chi connectivity index (χ2n) is 4.48. The molecule has 0 bridgehead atoms. The molecule has 1 fully saturated rings. The SMILES string of the molecule is COCCCNc1ccc(C(=O)N2CCOCC2)nn1. The van der Waals surface area contributed by atoms with Gasteiger partial charge in [0.25, 0.3) is 5.91 Å². The number of nitrogens with zero attached hydrogens (tertiary/aromatic N) is 3. The number of aromatic nitrogens is 2. The largest absolute Gasteiger partial charge is 0.385 e. The Bertz CT molecular complexity index is 418. The van der Waals surface area contributed by atoms with E-state index in [-0.39, 0.29) is 5.91 Å². The van der Waals surface area contributed by atoms with Crippen molar-refractivity contribution in [3.8, 4) is 0 Å². The van der Waals surface area contributed by atoms with Gasteiger partial charge in [0, 0.05) is 33.4 Å². The summed E-state index contributed by atoms with van der Waals surface area (Å²) < 4.78 is 10.2. The average molecular weight is 280 g/mol. The van der Waals surface area contributed by atoms with Gasteiger partial charge in [-0.25, -0.2) is 0 Å². The van der Waals surface area contributed by atoms with Crippen molar-refractivity contribution in [1.82, 2.24) is 15.1 Å². The second-order valence-corrected chi connectivity index (χ2v) is 4.48. The summed E-state index contributed by atoms with van der Waals surface area (Å²) in [5.74, 6) is 0.575. The summed E-state index contributed by atoms with van der Waals surface area (Å²) in [5.41, 5.74) is 0.370. The van der Waals surface area contributed by atoms with Crippen LogP contribution in [0.5, 0.6) is 0 Å². The number of carbonyl (C=O) groups excluding carboxylic acids is 1. The fraction of sp³-hybridized carbons (Fsp3) is 0.615. The second kappa shape index (κ2) is 7.76. The molecule has 1 aliphatic rings. The highest BCUT2D eigenvalue weighted by molar-refractivity contribution is 5.92. The predicted molar refractivity (Wildman–Crippen MR) is 73.7 cm³/mol. The molecular formula is C13H20N4O3. The average Bonchev–Trinajstić information content (AvgIpc) is 2.52. The maximum absolute atomic E-state index is 12.1. The Kier molecular flexibility index (Phi) is 5.69. The van der Waals surface area contributed by atoms with E-state index in [0.717, 1.165) is 13.0 Å². The number of morpholine rings is 1. The summed E-state index contributed by atoms with van der Waals surface area (Å²) in [6, 6.07) is 3.47.